The molecule has 0 radical (unpaired) electrons. The maximum Gasteiger partial charge on any atom is 0.254 e. The van der Waals surface area contributed by atoms with Crippen LogP contribution in [0.5, 0.6) is 0 Å². The summed E-state index contributed by atoms with van der Waals surface area (Å²) in [6.45, 7) is 10.2. The Kier molecular flexibility index (Phi) is 4.72. The Labute approximate surface area is 160 Å². The van der Waals surface area contributed by atoms with Gasteiger partial charge in [-0.15, -0.1) is 0 Å². The number of piperazine rings is 1. The summed E-state index contributed by atoms with van der Waals surface area (Å²) in [5, 5.41) is 2.92. The molecule has 2 fully saturated rings. The molecular weight excluding hydrogens is 342 g/mol. The summed E-state index contributed by atoms with van der Waals surface area (Å²) in [4.78, 5) is 29.8. The molecule has 2 amide bonds. The largest absolute Gasteiger partial charge is 0.381 e. The van der Waals surface area contributed by atoms with Crippen molar-refractivity contribution in [3.05, 3.63) is 29.3 Å². The molecule has 3 aliphatic rings. The molecule has 0 aliphatic carbocycles. The highest BCUT2D eigenvalue weighted by Gasteiger charge is 2.39. The molecule has 0 spiro atoms. The summed E-state index contributed by atoms with van der Waals surface area (Å²) in [7, 11) is 0. The van der Waals surface area contributed by atoms with E-state index in [1.54, 1.807) is 0 Å². The minimum absolute atomic E-state index is 0.0134. The van der Waals surface area contributed by atoms with Crippen LogP contribution in [0.4, 0.5) is 5.69 Å². The van der Waals surface area contributed by atoms with E-state index in [-0.39, 0.29) is 17.9 Å². The molecule has 1 atom stereocenters. The normalized spacial score (nSPS) is 26.0. The lowest BCUT2D eigenvalue weighted by Crippen LogP contribution is -2.57. The fraction of sp³-hybridized carbons (Fsp3) is 0.619. The first-order valence-corrected chi connectivity index (χ1v) is 9.96. The van der Waals surface area contributed by atoms with Gasteiger partial charge in [-0.25, -0.2) is 0 Å². The zero-order valence-electron chi connectivity index (χ0n) is 16.5. The maximum atomic E-state index is 13.1. The smallest absolute Gasteiger partial charge is 0.254 e. The number of anilines is 1. The Morgan fingerprint density at radius 2 is 1.96 bits per heavy atom. The molecule has 1 N–H and O–H groups in total. The molecule has 0 saturated carbocycles. The first-order valence-electron chi connectivity index (χ1n) is 9.96. The van der Waals surface area contributed by atoms with Crippen molar-refractivity contribution in [2.45, 2.75) is 51.1 Å². The van der Waals surface area contributed by atoms with E-state index in [1.165, 1.54) is 0 Å². The Hall–Kier alpha value is -1.92. The van der Waals surface area contributed by atoms with Gasteiger partial charge in [0.15, 0.2) is 0 Å². The second kappa shape index (κ2) is 6.91. The Morgan fingerprint density at radius 3 is 2.67 bits per heavy atom. The van der Waals surface area contributed by atoms with Crippen molar-refractivity contribution in [2.75, 3.05) is 38.2 Å². The van der Waals surface area contributed by atoms with Crippen molar-refractivity contribution in [3.63, 3.8) is 0 Å². The van der Waals surface area contributed by atoms with Crippen molar-refractivity contribution in [3.8, 4) is 0 Å². The van der Waals surface area contributed by atoms with E-state index in [9.17, 15) is 9.59 Å². The van der Waals surface area contributed by atoms with Gasteiger partial charge in [-0.3, -0.25) is 14.5 Å². The van der Waals surface area contributed by atoms with Crippen molar-refractivity contribution in [1.29, 1.82) is 0 Å². The van der Waals surface area contributed by atoms with Crippen molar-refractivity contribution in [1.82, 2.24) is 9.80 Å². The summed E-state index contributed by atoms with van der Waals surface area (Å²) >= 11 is 0. The first kappa shape index (κ1) is 18.4. The van der Waals surface area contributed by atoms with Gasteiger partial charge in [-0.05, 0) is 51.3 Å². The van der Waals surface area contributed by atoms with E-state index in [0.29, 0.717) is 11.6 Å². The monoisotopic (exact) mass is 371 g/mol. The lowest BCUT2D eigenvalue weighted by Gasteiger charge is -2.44. The molecule has 0 unspecified atom stereocenters. The van der Waals surface area contributed by atoms with Crippen LogP contribution in [0, 0.1) is 0 Å². The lowest BCUT2D eigenvalue weighted by molar-refractivity contribution is -0.119. The fourth-order valence-corrected chi connectivity index (χ4v) is 4.56. The average molecular weight is 371 g/mol. The standard InChI is InChI=1S/C21H29N3O3/c1-14-13-23(16-6-10-27-11-7-16)8-9-24(14)19(25)15-4-5-17-18(12-15)22-20(26)21(17,2)3/h4-5,12,14,16H,6-11,13H2,1-3H3,(H,22,26)/t14-/m1/s1. The van der Waals surface area contributed by atoms with E-state index in [0.717, 1.165) is 56.9 Å². The number of rotatable bonds is 2. The molecule has 4 rings (SSSR count). The van der Waals surface area contributed by atoms with Gasteiger partial charge in [-0.1, -0.05) is 6.07 Å². The van der Waals surface area contributed by atoms with E-state index < -0.39 is 5.41 Å². The zero-order valence-corrected chi connectivity index (χ0v) is 16.5. The van der Waals surface area contributed by atoms with Crippen molar-refractivity contribution in [2.24, 2.45) is 0 Å². The number of carbonyl (C=O) groups is 2. The van der Waals surface area contributed by atoms with E-state index in [1.807, 2.05) is 36.9 Å². The number of nitrogens with zero attached hydrogens (tertiary/aromatic N) is 2. The minimum Gasteiger partial charge on any atom is -0.381 e. The van der Waals surface area contributed by atoms with Crippen LogP contribution in [-0.2, 0) is 14.9 Å². The van der Waals surface area contributed by atoms with Gasteiger partial charge >= 0.3 is 0 Å². The van der Waals surface area contributed by atoms with Gasteiger partial charge < -0.3 is 15.0 Å². The molecule has 146 valence electrons. The SMILES string of the molecule is C[C@@H]1CN(C2CCOCC2)CCN1C(=O)c1ccc2c(c1)NC(=O)C2(C)C. The molecule has 6 nitrogen and oxygen atoms in total. The van der Waals surface area contributed by atoms with Gasteiger partial charge in [0.05, 0.1) is 5.41 Å². The maximum absolute atomic E-state index is 13.1. The molecule has 1 aromatic rings. The second-order valence-corrected chi connectivity index (χ2v) is 8.53. The van der Waals surface area contributed by atoms with Gasteiger partial charge in [0.1, 0.15) is 0 Å². The Balaban J connectivity index is 1.46. The topological polar surface area (TPSA) is 61.9 Å². The van der Waals surface area contributed by atoms with E-state index in [4.69, 9.17) is 4.74 Å². The van der Waals surface area contributed by atoms with Crippen LogP contribution in [0.2, 0.25) is 0 Å². The first-order chi connectivity index (χ1) is 12.9. The zero-order chi connectivity index (χ0) is 19.2. The molecular formula is C21H29N3O3. The molecule has 0 aromatic heterocycles. The highest BCUT2D eigenvalue weighted by molar-refractivity contribution is 6.07. The molecule has 2 saturated heterocycles. The number of hydrogen-bond acceptors (Lipinski definition) is 4. The van der Waals surface area contributed by atoms with Gasteiger partial charge in [0.2, 0.25) is 5.91 Å². The van der Waals surface area contributed by atoms with Crippen molar-refractivity contribution < 1.29 is 14.3 Å². The van der Waals surface area contributed by atoms with Crippen LogP contribution >= 0.6 is 0 Å². The average Bonchev–Trinajstić information content (AvgIpc) is 2.90. The van der Waals surface area contributed by atoms with Crippen LogP contribution < -0.4 is 5.32 Å². The summed E-state index contributed by atoms with van der Waals surface area (Å²) in [5.41, 5.74) is 1.84. The number of amides is 2. The van der Waals surface area contributed by atoms with E-state index in [2.05, 4.69) is 17.1 Å². The van der Waals surface area contributed by atoms with Gasteiger partial charge in [0.25, 0.3) is 5.91 Å². The number of benzene rings is 1. The summed E-state index contributed by atoms with van der Waals surface area (Å²) in [6.07, 6.45) is 2.17. The highest BCUT2D eigenvalue weighted by atomic mass is 16.5. The number of nitrogens with one attached hydrogen (secondary N) is 1. The summed E-state index contributed by atoms with van der Waals surface area (Å²) in [6, 6.07) is 6.37. The number of ether oxygens (including phenoxy) is 1. The van der Waals surface area contributed by atoms with Crippen LogP contribution in [-0.4, -0.2) is 66.5 Å². The molecule has 27 heavy (non-hydrogen) atoms. The summed E-state index contributed by atoms with van der Waals surface area (Å²) in [5.74, 6) is 0.0384. The third kappa shape index (κ3) is 3.25. The fourth-order valence-electron chi connectivity index (χ4n) is 4.56. The lowest BCUT2D eigenvalue weighted by atomic mass is 9.86. The Bertz CT molecular complexity index is 755. The second-order valence-electron chi connectivity index (χ2n) is 8.53. The molecule has 6 heteroatoms. The van der Waals surface area contributed by atoms with Crippen LogP contribution in [0.3, 0.4) is 0 Å². The number of fused-ring (bicyclic) bond motifs is 1. The third-order valence-electron chi connectivity index (χ3n) is 6.38. The highest BCUT2D eigenvalue weighted by Crippen LogP contribution is 2.38. The predicted octanol–water partition coefficient (Wildman–Crippen LogP) is 2.24. The van der Waals surface area contributed by atoms with Crippen LogP contribution in [0.1, 0.15) is 49.5 Å². The quantitative estimate of drug-likeness (QED) is 0.866. The minimum atomic E-state index is -0.542. The summed E-state index contributed by atoms with van der Waals surface area (Å²) < 4.78 is 5.47. The Morgan fingerprint density at radius 1 is 1.22 bits per heavy atom. The predicted molar refractivity (Wildman–Crippen MR) is 104 cm³/mol. The van der Waals surface area contributed by atoms with Crippen LogP contribution in [0.15, 0.2) is 18.2 Å². The third-order valence-corrected chi connectivity index (χ3v) is 6.38. The van der Waals surface area contributed by atoms with E-state index >= 15 is 0 Å². The molecule has 3 aliphatic heterocycles. The molecule has 0 bridgehead atoms. The van der Waals surface area contributed by atoms with Crippen LogP contribution in [0.25, 0.3) is 0 Å². The van der Waals surface area contributed by atoms with Gasteiger partial charge in [0, 0.05) is 56.2 Å². The molecule has 1 aromatic carbocycles. The number of hydrogen-bond donors (Lipinski definition) is 1. The van der Waals surface area contributed by atoms with Gasteiger partial charge in [-0.2, -0.15) is 0 Å². The molecule has 3 heterocycles. The number of carbonyl (C=O) groups excluding carboxylic acids is 2. The van der Waals surface area contributed by atoms with Crippen molar-refractivity contribution >= 4 is 17.5 Å².